The summed E-state index contributed by atoms with van der Waals surface area (Å²) in [5, 5.41) is 10.7. The number of hydrogen-bond donors (Lipinski definition) is 3. The summed E-state index contributed by atoms with van der Waals surface area (Å²) in [6, 6.07) is 3.61. The van der Waals surface area contributed by atoms with Gasteiger partial charge in [0.05, 0.1) is 18.6 Å². The highest BCUT2D eigenvalue weighted by Gasteiger charge is 2.04. The fraction of sp³-hybridized carbons (Fsp3) is 0.444. The van der Waals surface area contributed by atoms with Crippen LogP contribution in [-0.4, -0.2) is 33.7 Å². The van der Waals surface area contributed by atoms with Crippen LogP contribution in [0.5, 0.6) is 0 Å². The van der Waals surface area contributed by atoms with Crippen molar-refractivity contribution in [1.82, 2.24) is 10.6 Å². The van der Waals surface area contributed by atoms with E-state index in [2.05, 4.69) is 15.6 Å². The summed E-state index contributed by atoms with van der Waals surface area (Å²) >= 11 is 0. The zero-order valence-corrected chi connectivity index (χ0v) is 10.3. The number of primary sulfonamides is 1. The summed E-state index contributed by atoms with van der Waals surface area (Å²) < 4.78 is 26.5. The van der Waals surface area contributed by atoms with Crippen LogP contribution in [-0.2, 0) is 16.6 Å². The first-order valence-electron chi connectivity index (χ1n) is 4.98. The topological polar surface area (TPSA) is 110 Å². The minimum atomic E-state index is -3.45. The largest absolute Gasteiger partial charge is 0.467 e. The minimum absolute atomic E-state index is 0.144. The number of nitrogens with zero attached hydrogens (tertiary/aromatic N) is 1. The van der Waals surface area contributed by atoms with Crippen molar-refractivity contribution in [3.8, 4) is 0 Å². The molecule has 0 aromatic carbocycles. The predicted octanol–water partition coefficient (Wildman–Crippen LogP) is -0.767. The van der Waals surface area contributed by atoms with E-state index in [1.54, 1.807) is 19.4 Å². The Hall–Kier alpha value is -1.54. The third-order valence-corrected chi connectivity index (χ3v) is 2.69. The van der Waals surface area contributed by atoms with Gasteiger partial charge in [-0.2, -0.15) is 0 Å². The molecule has 4 N–H and O–H groups in total. The Labute approximate surface area is 100 Å². The Bertz CT molecular complexity index is 453. The van der Waals surface area contributed by atoms with Crippen molar-refractivity contribution < 1.29 is 12.8 Å². The second-order valence-corrected chi connectivity index (χ2v) is 5.03. The van der Waals surface area contributed by atoms with E-state index in [4.69, 9.17) is 9.56 Å². The Morgan fingerprint density at radius 3 is 2.82 bits per heavy atom. The van der Waals surface area contributed by atoms with Crippen LogP contribution < -0.4 is 15.8 Å². The zero-order valence-electron chi connectivity index (χ0n) is 9.51. The molecule has 1 aromatic rings. The average Bonchev–Trinajstić information content (AvgIpc) is 2.74. The van der Waals surface area contributed by atoms with Gasteiger partial charge in [-0.15, -0.1) is 0 Å². The second kappa shape index (κ2) is 6.26. The first kappa shape index (κ1) is 13.5. The number of rotatable bonds is 5. The Morgan fingerprint density at radius 2 is 2.29 bits per heavy atom. The average molecular weight is 260 g/mol. The molecule has 0 saturated carbocycles. The maximum Gasteiger partial charge on any atom is 0.210 e. The summed E-state index contributed by atoms with van der Waals surface area (Å²) in [4.78, 5) is 3.92. The van der Waals surface area contributed by atoms with E-state index in [0.717, 1.165) is 5.76 Å². The smallest absolute Gasteiger partial charge is 0.210 e. The predicted molar refractivity (Wildman–Crippen MR) is 64.9 cm³/mol. The molecule has 0 aliphatic carbocycles. The van der Waals surface area contributed by atoms with Crippen LogP contribution in [0.25, 0.3) is 0 Å². The first-order valence-corrected chi connectivity index (χ1v) is 6.70. The molecule has 1 rings (SSSR count). The summed E-state index contributed by atoms with van der Waals surface area (Å²) in [6.45, 7) is 0.679. The molecule has 0 bridgehead atoms. The molecule has 7 nitrogen and oxygen atoms in total. The summed E-state index contributed by atoms with van der Waals surface area (Å²) in [6.07, 6.45) is 1.58. The van der Waals surface area contributed by atoms with Gasteiger partial charge < -0.3 is 15.1 Å². The number of hydrogen-bond acceptors (Lipinski definition) is 4. The van der Waals surface area contributed by atoms with Crippen LogP contribution in [0.4, 0.5) is 0 Å². The minimum Gasteiger partial charge on any atom is -0.467 e. The molecule has 0 atom stereocenters. The maximum absolute atomic E-state index is 10.7. The third kappa shape index (κ3) is 5.93. The number of furan rings is 1. The molecular formula is C9H16N4O3S. The van der Waals surface area contributed by atoms with Gasteiger partial charge in [-0.3, -0.25) is 4.99 Å². The van der Waals surface area contributed by atoms with Gasteiger partial charge in [-0.05, 0) is 12.1 Å². The standard InChI is InChI=1S/C9H16N4O3S/c1-11-9(12-4-6-17(10,14)15)13-7-8-3-2-5-16-8/h2-3,5H,4,6-7H2,1H3,(H2,10,14,15)(H2,11,12,13). The first-order chi connectivity index (χ1) is 8.01. The van der Waals surface area contributed by atoms with Crippen molar-refractivity contribution in [3.63, 3.8) is 0 Å². The van der Waals surface area contributed by atoms with Gasteiger partial charge in [0.2, 0.25) is 10.0 Å². The quantitative estimate of drug-likeness (QED) is 0.476. The van der Waals surface area contributed by atoms with Crippen molar-refractivity contribution in [2.75, 3.05) is 19.3 Å². The van der Waals surface area contributed by atoms with Crippen LogP contribution in [0.2, 0.25) is 0 Å². The van der Waals surface area contributed by atoms with Gasteiger partial charge in [0.1, 0.15) is 5.76 Å². The number of aliphatic imine (C=N–C) groups is 1. The Kier molecular flexibility index (Phi) is 4.98. The molecule has 0 aliphatic rings. The van der Waals surface area contributed by atoms with Crippen molar-refractivity contribution >= 4 is 16.0 Å². The van der Waals surface area contributed by atoms with Gasteiger partial charge in [0.25, 0.3) is 0 Å². The lowest BCUT2D eigenvalue weighted by Gasteiger charge is -2.09. The summed E-state index contributed by atoms with van der Waals surface area (Å²) in [5.74, 6) is 1.11. The maximum atomic E-state index is 10.7. The highest BCUT2D eigenvalue weighted by atomic mass is 32.2. The Morgan fingerprint density at radius 1 is 1.53 bits per heavy atom. The van der Waals surface area contributed by atoms with Crippen LogP contribution in [0, 0.1) is 0 Å². The summed E-state index contributed by atoms with van der Waals surface area (Å²) in [7, 11) is -1.86. The molecule has 0 fully saturated rings. The molecule has 0 radical (unpaired) electrons. The van der Waals surface area contributed by atoms with Gasteiger partial charge in [-0.25, -0.2) is 13.6 Å². The lowest BCUT2D eigenvalue weighted by atomic mass is 10.4. The van der Waals surface area contributed by atoms with E-state index in [-0.39, 0.29) is 12.3 Å². The van der Waals surface area contributed by atoms with Crippen LogP contribution >= 0.6 is 0 Å². The van der Waals surface area contributed by atoms with E-state index in [9.17, 15) is 8.42 Å². The van der Waals surface area contributed by atoms with Crippen molar-refractivity contribution in [2.45, 2.75) is 6.54 Å². The van der Waals surface area contributed by atoms with E-state index in [1.807, 2.05) is 6.07 Å². The Balaban J connectivity index is 2.30. The fourth-order valence-electron chi connectivity index (χ4n) is 1.12. The van der Waals surface area contributed by atoms with Crippen LogP contribution in [0.3, 0.4) is 0 Å². The molecule has 1 aromatic heterocycles. The monoisotopic (exact) mass is 260 g/mol. The summed E-state index contributed by atoms with van der Waals surface area (Å²) in [5.41, 5.74) is 0. The molecule has 96 valence electrons. The lowest BCUT2D eigenvalue weighted by molar-refractivity contribution is 0.501. The van der Waals surface area contributed by atoms with Crippen molar-refractivity contribution in [3.05, 3.63) is 24.2 Å². The molecular weight excluding hydrogens is 244 g/mol. The third-order valence-electron chi connectivity index (χ3n) is 1.91. The number of nitrogens with one attached hydrogen (secondary N) is 2. The van der Waals surface area contributed by atoms with E-state index in [0.29, 0.717) is 12.5 Å². The molecule has 0 unspecified atom stereocenters. The molecule has 17 heavy (non-hydrogen) atoms. The molecule has 0 spiro atoms. The molecule has 0 amide bonds. The van der Waals surface area contributed by atoms with E-state index in [1.165, 1.54) is 0 Å². The SMILES string of the molecule is CN=C(NCCS(N)(=O)=O)NCc1ccco1. The van der Waals surface area contributed by atoms with Crippen molar-refractivity contribution in [2.24, 2.45) is 10.1 Å². The second-order valence-electron chi connectivity index (χ2n) is 3.30. The van der Waals surface area contributed by atoms with Gasteiger partial charge >= 0.3 is 0 Å². The zero-order chi connectivity index (χ0) is 12.7. The molecule has 0 saturated heterocycles. The molecule has 0 aliphatic heterocycles. The highest BCUT2D eigenvalue weighted by molar-refractivity contribution is 7.89. The number of sulfonamides is 1. The molecule has 1 heterocycles. The lowest BCUT2D eigenvalue weighted by Crippen LogP contribution is -2.39. The van der Waals surface area contributed by atoms with Crippen LogP contribution in [0.15, 0.2) is 27.8 Å². The highest BCUT2D eigenvalue weighted by Crippen LogP contribution is 1.97. The van der Waals surface area contributed by atoms with Gasteiger partial charge in [0, 0.05) is 13.6 Å². The number of nitrogens with two attached hydrogens (primary N) is 1. The van der Waals surface area contributed by atoms with Crippen molar-refractivity contribution in [1.29, 1.82) is 0 Å². The molecule has 8 heteroatoms. The van der Waals surface area contributed by atoms with E-state index < -0.39 is 10.0 Å². The fourth-order valence-corrected chi connectivity index (χ4v) is 1.50. The van der Waals surface area contributed by atoms with Gasteiger partial charge in [0.15, 0.2) is 5.96 Å². The van der Waals surface area contributed by atoms with Gasteiger partial charge in [-0.1, -0.05) is 0 Å². The number of guanidine groups is 1. The normalized spacial score (nSPS) is 12.5. The van der Waals surface area contributed by atoms with Crippen LogP contribution in [0.1, 0.15) is 5.76 Å². The van der Waals surface area contributed by atoms with E-state index >= 15 is 0 Å².